The van der Waals surface area contributed by atoms with E-state index < -0.39 is 9.84 Å². The van der Waals surface area contributed by atoms with Gasteiger partial charge in [0.2, 0.25) is 0 Å². The van der Waals surface area contributed by atoms with Crippen molar-refractivity contribution in [1.29, 1.82) is 0 Å². The number of hydrogen-bond donors (Lipinski definition) is 0. The Hall–Kier alpha value is -1.95. The maximum absolute atomic E-state index is 11.6. The van der Waals surface area contributed by atoms with Gasteiger partial charge in [0, 0.05) is 18.5 Å². The first-order valence-corrected chi connectivity index (χ1v) is 6.73. The summed E-state index contributed by atoms with van der Waals surface area (Å²) < 4.78 is 24.3. The third kappa shape index (κ3) is 2.26. The van der Waals surface area contributed by atoms with Gasteiger partial charge in [0.25, 0.3) is 5.56 Å². The minimum atomic E-state index is -3.40. The van der Waals surface area contributed by atoms with Gasteiger partial charge in [-0.2, -0.15) is 9.78 Å². The number of benzene rings is 1. The largest absolute Gasteiger partial charge is 0.271 e. The van der Waals surface area contributed by atoms with Crippen LogP contribution in [-0.4, -0.2) is 24.5 Å². The van der Waals surface area contributed by atoms with Crippen LogP contribution in [0.15, 0.2) is 52.3 Å². The maximum atomic E-state index is 11.6. The Bertz CT molecular complexity index is 704. The normalized spacial score (nSPS) is 11.4. The van der Waals surface area contributed by atoms with Gasteiger partial charge in [0.15, 0.2) is 9.84 Å². The smallest absolute Gasteiger partial charge is 0.267 e. The summed E-state index contributed by atoms with van der Waals surface area (Å²) in [6.07, 6.45) is 2.53. The average molecular weight is 250 g/mol. The van der Waals surface area contributed by atoms with Crippen LogP contribution in [0.3, 0.4) is 0 Å². The molecule has 0 spiro atoms. The number of rotatable bonds is 2. The number of nitrogens with zero attached hydrogens (tertiary/aromatic N) is 2. The lowest BCUT2D eigenvalue weighted by molar-refractivity contribution is 0.600. The molecule has 0 aliphatic heterocycles. The van der Waals surface area contributed by atoms with Crippen LogP contribution >= 0.6 is 0 Å². The van der Waals surface area contributed by atoms with Crippen molar-refractivity contribution in [3.63, 3.8) is 0 Å². The molecule has 0 aliphatic carbocycles. The van der Waals surface area contributed by atoms with E-state index in [-0.39, 0.29) is 16.1 Å². The van der Waals surface area contributed by atoms with Crippen LogP contribution in [-0.2, 0) is 9.84 Å². The zero-order valence-electron chi connectivity index (χ0n) is 9.07. The van der Waals surface area contributed by atoms with Crippen molar-refractivity contribution in [3.05, 3.63) is 52.9 Å². The average Bonchev–Trinajstić information content (AvgIpc) is 2.28. The predicted octanol–water partition coefficient (Wildman–Crippen LogP) is 0.636. The van der Waals surface area contributed by atoms with E-state index >= 15 is 0 Å². The minimum Gasteiger partial charge on any atom is -0.267 e. The molecule has 5 nitrogen and oxygen atoms in total. The first kappa shape index (κ1) is 11.5. The third-order valence-electron chi connectivity index (χ3n) is 2.21. The van der Waals surface area contributed by atoms with E-state index in [4.69, 9.17) is 0 Å². The maximum Gasteiger partial charge on any atom is 0.271 e. The van der Waals surface area contributed by atoms with Gasteiger partial charge in [-0.25, -0.2) is 8.42 Å². The first-order valence-electron chi connectivity index (χ1n) is 4.84. The number of hydrogen-bond acceptors (Lipinski definition) is 4. The summed E-state index contributed by atoms with van der Waals surface area (Å²) in [5.41, 5.74) is -0.107. The summed E-state index contributed by atoms with van der Waals surface area (Å²) in [5, 5.41) is 3.86. The fourth-order valence-corrected chi connectivity index (χ4v) is 2.34. The molecule has 17 heavy (non-hydrogen) atoms. The molecular formula is C11H10N2O3S. The highest BCUT2D eigenvalue weighted by Crippen LogP contribution is 2.17. The second-order valence-electron chi connectivity index (χ2n) is 3.51. The summed E-state index contributed by atoms with van der Waals surface area (Å²) in [4.78, 5) is 11.7. The van der Waals surface area contributed by atoms with E-state index in [1.54, 1.807) is 18.2 Å². The highest BCUT2D eigenvalue weighted by atomic mass is 32.2. The Morgan fingerprint density at radius 1 is 1.12 bits per heavy atom. The van der Waals surface area contributed by atoms with Gasteiger partial charge in [-0.15, -0.1) is 0 Å². The lowest BCUT2D eigenvalue weighted by Gasteiger charge is -2.08. The van der Waals surface area contributed by atoms with Crippen molar-refractivity contribution in [2.75, 3.05) is 6.26 Å². The van der Waals surface area contributed by atoms with Crippen LogP contribution in [0.25, 0.3) is 5.69 Å². The van der Waals surface area contributed by atoms with E-state index in [1.807, 2.05) is 0 Å². The second-order valence-corrected chi connectivity index (χ2v) is 5.50. The number of sulfone groups is 1. The van der Waals surface area contributed by atoms with Crippen LogP contribution in [0.4, 0.5) is 0 Å². The van der Waals surface area contributed by atoms with Crippen LogP contribution in [0.1, 0.15) is 0 Å². The highest BCUT2D eigenvalue weighted by Gasteiger charge is 2.14. The third-order valence-corrected chi connectivity index (χ3v) is 3.35. The quantitative estimate of drug-likeness (QED) is 0.784. The molecule has 2 aromatic rings. The van der Waals surface area contributed by atoms with Gasteiger partial charge in [0.05, 0.1) is 10.6 Å². The van der Waals surface area contributed by atoms with Crippen molar-refractivity contribution in [3.8, 4) is 5.69 Å². The van der Waals surface area contributed by atoms with Crippen molar-refractivity contribution in [2.45, 2.75) is 4.90 Å². The molecule has 88 valence electrons. The number of para-hydroxylation sites is 1. The molecule has 0 radical (unpaired) electrons. The first-order chi connectivity index (χ1) is 8.00. The summed E-state index contributed by atoms with van der Waals surface area (Å²) in [7, 11) is -3.40. The van der Waals surface area contributed by atoms with Crippen LogP contribution in [0.2, 0.25) is 0 Å². The lowest BCUT2D eigenvalue weighted by atomic mass is 10.3. The zero-order valence-corrected chi connectivity index (χ0v) is 9.89. The molecule has 0 saturated heterocycles. The Morgan fingerprint density at radius 3 is 2.47 bits per heavy atom. The molecule has 0 saturated carbocycles. The predicted molar refractivity (Wildman–Crippen MR) is 62.9 cm³/mol. The summed E-state index contributed by atoms with van der Waals surface area (Å²) in [6.45, 7) is 0. The molecular weight excluding hydrogens is 240 g/mol. The standard InChI is InChI=1S/C11H10N2O3S/c1-17(15,16)10-6-3-2-5-9(10)13-11(14)7-4-8-12-13/h2-8H,1H3. The molecule has 0 N–H and O–H groups in total. The van der Waals surface area contributed by atoms with E-state index in [0.29, 0.717) is 0 Å². The van der Waals surface area contributed by atoms with Gasteiger partial charge in [-0.1, -0.05) is 12.1 Å². The second kappa shape index (κ2) is 4.14. The van der Waals surface area contributed by atoms with E-state index in [2.05, 4.69) is 5.10 Å². The van der Waals surface area contributed by atoms with E-state index in [0.717, 1.165) is 10.9 Å². The molecule has 0 unspecified atom stereocenters. The molecule has 0 bridgehead atoms. The van der Waals surface area contributed by atoms with Crippen LogP contribution < -0.4 is 5.56 Å². The molecule has 1 aromatic heterocycles. The number of aromatic nitrogens is 2. The SMILES string of the molecule is CS(=O)(=O)c1ccccc1-n1ncccc1=O. The van der Waals surface area contributed by atoms with E-state index in [9.17, 15) is 13.2 Å². The van der Waals surface area contributed by atoms with Crippen LogP contribution in [0, 0.1) is 0 Å². The lowest BCUT2D eigenvalue weighted by Crippen LogP contribution is -2.21. The Morgan fingerprint density at radius 2 is 1.82 bits per heavy atom. The van der Waals surface area contributed by atoms with Crippen molar-refractivity contribution in [2.24, 2.45) is 0 Å². The summed E-state index contributed by atoms with van der Waals surface area (Å²) in [6, 6.07) is 9.09. The summed E-state index contributed by atoms with van der Waals surface area (Å²) >= 11 is 0. The van der Waals surface area contributed by atoms with Crippen LogP contribution in [0.5, 0.6) is 0 Å². The molecule has 1 aromatic carbocycles. The zero-order chi connectivity index (χ0) is 12.5. The molecule has 0 fully saturated rings. The van der Waals surface area contributed by atoms with Crippen molar-refractivity contribution >= 4 is 9.84 Å². The van der Waals surface area contributed by atoms with Gasteiger partial charge in [0.1, 0.15) is 0 Å². The molecule has 6 heteroatoms. The molecule has 2 rings (SSSR count). The summed E-state index contributed by atoms with van der Waals surface area (Å²) in [5.74, 6) is 0. The Kier molecular flexibility index (Phi) is 2.81. The monoisotopic (exact) mass is 250 g/mol. The molecule has 1 heterocycles. The van der Waals surface area contributed by atoms with E-state index in [1.165, 1.54) is 24.4 Å². The Balaban J connectivity index is 2.78. The van der Waals surface area contributed by atoms with Gasteiger partial charge in [-0.05, 0) is 18.2 Å². The molecule has 0 amide bonds. The fraction of sp³-hybridized carbons (Fsp3) is 0.0909. The Labute approximate surface area is 98.3 Å². The van der Waals surface area contributed by atoms with Gasteiger partial charge in [-0.3, -0.25) is 4.79 Å². The van der Waals surface area contributed by atoms with Gasteiger partial charge >= 0.3 is 0 Å². The van der Waals surface area contributed by atoms with Crippen molar-refractivity contribution < 1.29 is 8.42 Å². The topological polar surface area (TPSA) is 69.0 Å². The minimum absolute atomic E-state index is 0.0841. The fourth-order valence-electron chi connectivity index (χ4n) is 1.48. The highest BCUT2D eigenvalue weighted by molar-refractivity contribution is 7.90. The molecule has 0 aliphatic rings. The van der Waals surface area contributed by atoms with Crippen molar-refractivity contribution in [1.82, 2.24) is 9.78 Å². The van der Waals surface area contributed by atoms with Gasteiger partial charge < -0.3 is 0 Å². The molecule has 0 atom stereocenters.